The van der Waals surface area contributed by atoms with Crippen LogP contribution in [0, 0.1) is 0 Å². The standard InChI is InChI=1S/C27H40NSi.Zn/c1-25(2,3)19-11-12-20-18(15-19)16-22-21(20)13-14-23(26(4,5)6)24(22)29(9,10)17-27(7,8)28;/h11-15,28H,16-17H2,1-10H3;/q-1;+1. The zero-order valence-corrected chi connectivity index (χ0v) is 25.0. The molecule has 2 aromatic carbocycles. The third-order valence-electron chi connectivity index (χ3n) is 6.79. The quantitative estimate of drug-likeness (QED) is 0.423. The summed E-state index contributed by atoms with van der Waals surface area (Å²) in [6.45, 7) is 24.1. The van der Waals surface area contributed by atoms with Crippen LogP contribution in [0.1, 0.15) is 77.6 Å². The number of hydrogen-bond donors (Lipinski definition) is 1. The van der Waals surface area contributed by atoms with Gasteiger partial charge in [-0.15, -0.1) is 0 Å². The molecular weight excluding hydrogens is 432 g/mol. The summed E-state index contributed by atoms with van der Waals surface area (Å²) in [4.78, 5) is 0. The van der Waals surface area contributed by atoms with Crippen LogP contribution in [-0.4, -0.2) is 13.6 Å². The van der Waals surface area contributed by atoms with Crippen LogP contribution in [0.2, 0.25) is 19.1 Å². The Hall–Kier alpha value is -0.760. The number of hydrogen-bond acceptors (Lipinski definition) is 1. The molecule has 3 heteroatoms. The monoisotopic (exact) mass is 470 g/mol. The molecule has 0 saturated heterocycles. The molecule has 0 unspecified atom stereocenters. The van der Waals surface area contributed by atoms with E-state index >= 15 is 0 Å². The summed E-state index contributed by atoms with van der Waals surface area (Å²) in [7, 11) is -1.68. The summed E-state index contributed by atoms with van der Waals surface area (Å²) in [5, 5.41) is 1.73. The van der Waals surface area contributed by atoms with Gasteiger partial charge in [-0.25, -0.2) is 0 Å². The van der Waals surface area contributed by atoms with Crippen molar-refractivity contribution in [1.29, 1.82) is 0 Å². The summed E-state index contributed by atoms with van der Waals surface area (Å²) in [5.41, 5.74) is 9.69. The fraction of sp³-hybridized carbons (Fsp3) is 0.556. The molecule has 0 amide bonds. The van der Waals surface area contributed by atoms with E-state index in [1.807, 2.05) is 0 Å². The van der Waals surface area contributed by atoms with E-state index in [1.54, 1.807) is 16.3 Å². The Labute approximate surface area is 196 Å². The maximum absolute atomic E-state index is 3.69. The predicted octanol–water partition coefficient (Wildman–Crippen LogP) is 6.60. The summed E-state index contributed by atoms with van der Waals surface area (Å²) < 4.78 is 3.69. The van der Waals surface area contributed by atoms with Crippen LogP contribution < -0.4 is 9.25 Å². The molecule has 0 heterocycles. The fourth-order valence-corrected chi connectivity index (χ4v) is 10.9. The number of benzene rings is 2. The van der Waals surface area contributed by atoms with Gasteiger partial charge in [-0.05, 0) is 0 Å². The molecule has 1 N–H and O–H groups in total. The Morgan fingerprint density at radius 1 is 0.867 bits per heavy atom. The maximum atomic E-state index is 3.69. The van der Waals surface area contributed by atoms with E-state index in [2.05, 4.69) is 103 Å². The van der Waals surface area contributed by atoms with Crippen LogP contribution in [0.25, 0.3) is 11.1 Å². The van der Waals surface area contributed by atoms with Crippen molar-refractivity contribution < 1.29 is 18.5 Å². The molecule has 0 fully saturated rings. The van der Waals surface area contributed by atoms with Gasteiger partial charge in [-0.3, -0.25) is 0 Å². The van der Waals surface area contributed by atoms with Crippen LogP contribution >= 0.6 is 0 Å². The van der Waals surface area contributed by atoms with Gasteiger partial charge in [0.1, 0.15) is 0 Å². The third kappa shape index (κ3) is 4.54. The fourth-order valence-electron chi connectivity index (χ4n) is 5.40. The molecule has 2 aromatic rings. The Bertz CT molecular complexity index is 958. The van der Waals surface area contributed by atoms with Crippen molar-refractivity contribution in [1.82, 2.24) is 4.06 Å². The van der Waals surface area contributed by atoms with E-state index < -0.39 is 8.07 Å². The van der Waals surface area contributed by atoms with E-state index in [4.69, 9.17) is 0 Å². The zero-order valence-electron chi connectivity index (χ0n) is 21.0. The van der Waals surface area contributed by atoms with Gasteiger partial charge < -0.3 is 0 Å². The van der Waals surface area contributed by atoms with Crippen LogP contribution in [-0.2, 0) is 35.8 Å². The molecule has 1 aliphatic rings. The van der Waals surface area contributed by atoms with Crippen molar-refractivity contribution in [2.75, 3.05) is 0 Å². The summed E-state index contributed by atoms with van der Waals surface area (Å²) >= 11 is 1.15. The van der Waals surface area contributed by atoms with Crippen molar-refractivity contribution in [3.8, 4) is 11.1 Å². The number of fused-ring (bicyclic) bond motifs is 3. The normalized spacial score (nSPS) is 14.7. The second-order valence-electron chi connectivity index (χ2n) is 12.7. The molecule has 1 nitrogen and oxygen atoms in total. The molecule has 1 aliphatic carbocycles. The molecule has 0 aliphatic heterocycles. The van der Waals surface area contributed by atoms with Gasteiger partial charge in [-0.1, -0.05) is 0 Å². The zero-order chi connectivity index (χ0) is 22.7. The average Bonchev–Trinajstić information content (AvgIpc) is 2.96. The van der Waals surface area contributed by atoms with Crippen LogP contribution in [0.15, 0.2) is 30.3 Å². The van der Waals surface area contributed by atoms with E-state index in [1.165, 1.54) is 28.3 Å². The molecular formula is C27H40NSiZn. The molecule has 0 bridgehead atoms. The molecule has 159 valence electrons. The molecule has 0 aromatic heterocycles. The summed E-state index contributed by atoms with van der Waals surface area (Å²) in [6.07, 6.45) is 1.10. The van der Waals surface area contributed by atoms with Crippen LogP contribution in [0.5, 0.6) is 0 Å². The van der Waals surface area contributed by atoms with Crippen molar-refractivity contribution in [2.24, 2.45) is 0 Å². The molecule has 30 heavy (non-hydrogen) atoms. The number of nitrogens with one attached hydrogen (secondary N) is 1. The van der Waals surface area contributed by atoms with Crippen molar-refractivity contribution >= 4 is 13.3 Å². The van der Waals surface area contributed by atoms with Gasteiger partial charge in [0.2, 0.25) is 0 Å². The first kappa shape index (κ1) is 23.9. The minimum atomic E-state index is -1.68. The Morgan fingerprint density at radius 2 is 1.47 bits per heavy atom. The third-order valence-corrected chi connectivity index (χ3v) is 12.5. The van der Waals surface area contributed by atoms with E-state index in [0.29, 0.717) is 0 Å². The Morgan fingerprint density at radius 3 is 2.00 bits per heavy atom. The second-order valence-corrected chi connectivity index (χ2v) is 18.0. The van der Waals surface area contributed by atoms with Gasteiger partial charge in [0.15, 0.2) is 0 Å². The predicted molar refractivity (Wildman–Crippen MR) is 131 cm³/mol. The molecule has 0 radical (unpaired) electrons. The van der Waals surface area contributed by atoms with Gasteiger partial charge >= 0.3 is 197 Å². The molecule has 0 spiro atoms. The number of rotatable bonds is 4. The molecule has 3 rings (SSSR count). The first-order valence-corrected chi connectivity index (χ1v) is 16.1. The minimum absolute atomic E-state index is 0.164. The van der Waals surface area contributed by atoms with Crippen LogP contribution in [0.4, 0.5) is 0 Å². The molecule has 0 saturated carbocycles. The van der Waals surface area contributed by atoms with Crippen molar-refractivity contribution in [3.63, 3.8) is 0 Å². The second kappa shape index (κ2) is 7.68. The Kier molecular flexibility index (Phi) is 6.12. The van der Waals surface area contributed by atoms with Crippen LogP contribution in [0.3, 0.4) is 0 Å². The first-order valence-electron chi connectivity index (χ1n) is 11.4. The SMILES string of the molecule is CC(C)(C[Si](C)(C)c1c(C(C)(C)C)ccc2c1Cc1cc(C(C)(C)C)ccc1-2)[NH][Zn]. The van der Waals surface area contributed by atoms with Gasteiger partial charge in [0.05, 0.1) is 0 Å². The van der Waals surface area contributed by atoms with Crippen molar-refractivity contribution in [3.05, 3.63) is 52.6 Å². The van der Waals surface area contributed by atoms with E-state index in [-0.39, 0.29) is 16.4 Å². The molecule has 0 atom stereocenters. The van der Waals surface area contributed by atoms with E-state index in [0.717, 1.165) is 25.0 Å². The van der Waals surface area contributed by atoms with Gasteiger partial charge in [0.25, 0.3) is 0 Å². The van der Waals surface area contributed by atoms with Gasteiger partial charge in [-0.2, -0.15) is 0 Å². The van der Waals surface area contributed by atoms with E-state index in [9.17, 15) is 0 Å². The topological polar surface area (TPSA) is 12.0 Å². The van der Waals surface area contributed by atoms with Gasteiger partial charge in [0, 0.05) is 0 Å². The summed E-state index contributed by atoms with van der Waals surface area (Å²) in [5.74, 6) is 0. The first-order chi connectivity index (χ1) is 13.6. The van der Waals surface area contributed by atoms with Crippen molar-refractivity contribution in [2.45, 2.75) is 97.3 Å². The summed E-state index contributed by atoms with van der Waals surface area (Å²) in [6, 6.07) is 13.4. The Balaban J connectivity index is 2.21. The average molecular weight is 472 g/mol.